The first-order chi connectivity index (χ1) is 34.5. The van der Waals surface area contributed by atoms with Crippen molar-refractivity contribution >= 4 is 33.4 Å². The van der Waals surface area contributed by atoms with E-state index in [1.165, 1.54) is 102 Å². The number of esters is 2. The van der Waals surface area contributed by atoms with Crippen LogP contribution in [-0.2, 0) is 51.0 Å². The number of unbranched alkanes of at least 4 members (excludes halogenated alkanes) is 20. The van der Waals surface area contributed by atoms with Gasteiger partial charge in [0.1, 0.15) is 30.7 Å². The highest BCUT2D eigenvalue weighted by Crippen LogP contribution is 2.60. The molecule has 2 fully saturated rings. The van der Waals surface area contributed by atoms with E-state index in [4.69, 9.17) is 33.7 Å². The van der Waals surface area contributed by atoms with Crippen molar-refractivity contribution in [1.29, 1.82) is 0 Å². The Morgan fingerprint density at radius 1 is 0.736 bits per heavy atom. The second-order valence-corrected chi connectivity index (χ2v) is 22.8. The van der Waals surface area contributed by atoms with E-state index in [1.807, 2.05) is 0 Å². The number of aliphatic hydroxyl groups excluding tert-OH is 2. The van der Waals surface area contributed by atoms with Gasteiger partial charge in [-0.3, -0.25) is 23.2 Å². The number of allylic oxidation sites excluding steroid dienone is 1. The van der Waals surface area contributed by atoms with Gasteiger partial charge in [0.15, 0.2) is 12.3 Å². The summed E-state index contributed by atoms with van der Waals surface area (Å²) in [7, 11) is -10.9. The van der Waals surface area contributed by atoms with E-state index in [0.717, 1.165) is 81.1 Å². The Morgan fingerprint density at radius 3 is 1.93 bits per heavy atom. The van der Waals surface area contributed by atoms with Crippen LogP contribution in [0.2, 0.25) is 0 Å². The Hall–Kier alpha value is -2.54. The zero-order chi connectivity index (χ0) is 52.6. The molecule has 19 nitrogen and oxygen atoms in total. The molecular weight excluding hydrogens is 973 g/mol. The molecule has 2 aliphatic heterocycles. The summed E-state index contributed by atoms with van der Waals surface area (Å²) in [6, 6.07) is 1.25. The summed E-state index contributed by atoms with van der Waals surface area (Å²) in [5.41, 5.74) is 4.60. The Labute approximate surface area is 428 Å². The van der Waals surface area contributed by atoms with E-state index >= 15 is 0 Å². The van der Waals surface area contributed by atoms with Gasteiger partial charge in [0, 0.05) is 19.0 Å². The largest absolute Gasteiger partial charge is 0.481 e. The molecule has 0 amide bonds. The maximum absolute atomic E-state index is 12.9. The summed E-state index contributed by atoms with van der Waals surface area (Å²) in [5.74, 6) is -0.464. The molecule has 0 aromatic carbocycles. The third kappa shape index (κ3) is 28.4. The number of hydrogen-bond acceptors (Lipinski definition) is 16. The van der Waals surface area contributed by atoms with Gasteiger partial charge in [0.2, 0.25) is 0 Å². The third-order valence-corrected chi connectivity index (χ3v) is 15.9. The minimum absolute atomic E-state index is 0.0485. The monoisotopic (exact) mass is 1060 g/mol. The highest BCUT2D eigenvalue weighted by atomic mass is 31.3. The molecule has 0 radical (unpaired) electrons. The van der Waals surface area contributed by atoms with Gasteiger partial charge in [0.05, 0.1) is 25.4 Å². The normalized spacial score (nSPS) is 22.4. The summed E-state index contributed by atoms with van der Waals surface area (Å²) in [6.07, 6.45) is 28.7. The van der Waals surface area contributed by atoms with Crippen molar-refractivity contribution < 1.29 is 71.0 Å². The highest BCUT2D eigenvalue weighted by Gasteiger charge is 2.46. The van der Waals surface area contributed by atoms with Crippen LogP contribution in [0, 0.1) is 5.92 Å². The molecule has 10 atom stereocenters. The number of phosphoric acid groups is 2. The molecule has 21 heteroatoms. The van der Waals surface area contributed by atoms with Gasteiger partial charge < -0.3 is 44.7 Å². The lowest BCUT2D eigenvalue weighted by Gasteiger charge is -2.21. The van der Waals surface area contributed by atoms with Crippen LogP contribution in [0.5, 0.6) is 0 Å². The minimum atomic E-state index is -5.43. The molecule has 0 aliphatic carbocycles. The van der Waals surface area contributed by atoms with Crippen molar-refractivity contribution in [3.05, 3.63) is 34.9 Å². The number of ether oxygens (including phenoxy) is 4. The molecule has 1 aromatic heterocycles. The number of hydrogen-bond donors (Lipinski definition) is 5. The van der Waals surface area contributed by atoms with Gasteiger partial charge in [0.25, 0.3) is 0 Å². The molecular formula is C51H91N3O16P2. The molecule has 2 aliphatic rings. The molecule has 1 aromatic rings. The Bertz CT molecular complexity index is 1840. The van der Waals surface area contributed by atoms with Crippen molar-refractivity contribution in [3.8, 4) is 0 Å². The summed E-state index contributed by atoms with van der Waals surface area (Å²) in [4.78, 5) is 62.1. The fourth-order valence-corrected chi connectivity index (χ4v) is 10.7. The molecule has 5 unspecified atom stereocenters. The van der Waals surface area contributed by atoms with Gasteiger partial charge in [-0.15, -0.1) is 0 Å². The van der Waals surface area contributed by atoms with E-state index in [0.29, 0.717) is 25.0 Å². The number of aromatic nitrogens is 2. The van der Waals surface area contributed by atoms with Gasteiger partial charge in [-0.2, -0.15) is 9.29 Å². The van der Waals surface area contributed by atoms with Crippen LogP contribution < -0.4 is 11.4 Å². The number of anilines is 1. The fourth-order valence-electron chi connectivity index (χ4n) is 8.59. The number of rotatable bonds is 44. The summed E-state index contributed by atoms with van der Waals surface area (Å²) in [5, 5.41) is 20.9. The van der Waals surface area contributed by atoms with Crippen LogP contribution in [-0.4, -0.2) is 97.9 Å². The summed E-state index contributed by atoms with van der Waals surface area (Å²) < 4.78 is 62.7. The molecule has 72 heavy (non-hydrogen) atoms. The summed E-state index contributed by atoms with van der Waals surface area (Å²) in [6.45, 7) is 4.49. The lowest BCUT2D eigenvalue weighted by Crippen LogP contribution is -2.36. The molecule has 3 rings (SSSR count). The zero-order valence-corrected chi connectivity index (χ0v) is 45.4. The SMILES string of the molecule is CCCCC/C=C\CC1OC1CCCCCCCC(=O)OC[C@H](COP(=O)(O)OP(=O)(O)OC[C@H]1O[C@@H](n2ccc(N)nc2=O)[C@H](O)[C@@H]1O)OC(=O)CCCCCCCCCCCCCCCCC(C)CC. The Balaban J connectivity index is 1.37. The first kappa shape index (κ1) is 63.8. The number of nitrogens with zero attached hydrogens (tertiary/aromatic N) is 2. The van der Waals surface area contributed by atoms with Crippen LogP contribution in [0.3, 0.4) is 0 Å². The minimum Gasteiger partial charge on any atom is -0.462 e. The van der Waals surface area contributed by atoms with E-state index < -0.39 is 83.7 Å². The smallest absolute Gasteiger partial charge is 0.462 e. The third-order valence-electron chi connectivity index (χ3n) is 13.3. The first-order valence-corrected chi connectivity index (χ1v) is 30.2. The fraction of sp³-hybridized carbons (Fsp3) is 0.843. The lowest BCUT2D eigenvalue weighted by atomic mass is 9.99. The van der Waals surface area contributed by atoms with Crippen molar-refractivity contribution in [2.24, 2.45) is 5.92 Å². The molecule has 416 valence electrons. The number of epoxide rings is 1. The average molecular weight is 1060 g/mol. The van der Waals surface area contributed by atoms with Crippen LogP contribution in [0.4, 0.5) is 5.82 Å². The molecule has 0 bridgehead atoms. The number of carbonyl (C=O) groups is 2. The predicted octanol–water partition coefficient (Wildman–Crippen LogP) is 10.5. The van der Waals surface area contributed by atoms with E-state index in [2.05, 4.69) is 42.2 Å². The van der Waals surface area contributed by atoms with E-state index in [-0.39, 0.29) is 18.7 Å². The topological polar surface area (TPSA) is 278 Å². The maximum atomic E-state index is 12.9. The van der Waals surface area contributed by atoms with Crippen molar-refractivity contribution in [2.45, 2.75) is 250 Å². The molecule has 2 saturated heterocycles. The van der Waals surface area contributed by atoms with E-state index in [1.54, 1.807) is 0 Å². The van der Waals surface area contributed by atoms with Gasteiger partial charge in [-0.25, -0.2) is 13.9 Å². The van der Waals surface area contributed by atoms with Crippen molar-refractivity contribution in [1.82, 2.24) is 9.55 Å². The quantitative estimate of drug-likeness (QED) is 0.0134. The molecule has 0 saturated carbocycles. The van der Waals surface area contributed by atoms with E-state index in [9.17, 15) is 43.5 Å². The molecule has 6 N–H and O–H groups in total. The molecule has 3 heterocycles. The second kappa shape index (κ2) is 36.4. The first-order valence-electron chi connectivity index (χ1n) is 27.2. The number of phosphoric ester groups is 2. The number of aliphatic hydroxyl groups is 2. The predicted molar refractivity (Wildman–Crippen MR) is 275 cm³/mol. The van der Waals surface area contributed by atoms with Gasteiger partial charge in [-0.05, 0) is 50.5 Å². The number of carbonyl (C=O) groups excluding carboxylic acids is 2. The van der Waals surface area contributed by atoms with Crippen LogP contribution in [0.25, 0.3) is 0 Å². The zero-order valence-electron chi connectivity index (χ0n) is 43.6. The molecule has 0 spiro atoms. The van der Waals surface area contributed by atoms with Crippen LogP contribution in [0.15, 0.2) is 29.2 Å². The Kier molecular flexibility index (Phi) is 32.3. The standard InChI is InChI=1S/C51H91N3O16P2/c1-4-6-7-8-21-26-31-42-43(68-42)32-27-22-19-24-28-33-46(55)64-37-41(67-47(56)34-29-23-18-16-14-12-10-9-11-13-15-17-20-25-30-40(3)5-2)38-65-71(60,61)70-72(62,63)66-39-44-48(57)49(58)50(69-44)54-36-35-45(52)53-51(54)59/h21,26,35-36,40-44,48-50,57-58H,4-20,22-25,27-34,37-39H2,1-3H3,(H,60,61)(H,62,63)(H2,52,53,59)/b26-21-/t40?,41-,42?,43?,44-,48-,49-,50-/m1/s1. The van der Waals surface area contributed by atoms with Crippen molar-refractivity contribution in [2.75, 3.05) is 25.6 Å². The highest BCUT2D eigenvalue weighted by molar-refractivity contribution is 7.61. The number of nitrogens with two attached hydrogens (primary N) is 1. The summed E-state index contributed by atoms with van der Waals surface area (Å²) >= 11 is 0. The lowest BCUT2D eigenvalue weighted by molar-refractivity contribution is -0.161. The van der Waals surface area contributed by atoms with Gasteiger partial charge in [-0.1, -0.05) is 168 Å². The van der Waals surface area contributed by atoms with Gasteiger partial charge >= 0.3 is 33.3 Å². The second-order valence-electron chi connectivity index (χ2n) is 19.7. The van der Waals surface area contributed by atoms with Crippen LogP contribution >= 0.6 is 15.6 Å². The van der Waals surface area contributed by atoms with Crippen molar-refractivity contribution in [3.63, 3.8) is 0 Å². The average Bonchev–Trinajstić information content (AvgIpc) is 4.03. The Morgan fingerprint density at radius 2 is 1.32 bits per heavy atom. The maximum Gasteiger partial charge on any atom is 0.481 e. The number of nitrogen functional groups attached to an aromatic ring is 1. The van der Waals surface area contributed by atoms with Crippen LogP contribution in [0.1, 0.15) is 213 Å².